The summed E-state index contributed by atoms with van der Waals surface area (Å²) in [6, 6.07) is 3.55. The molecule has 0 saturated carbocycles. The van der Waals surface area contributed by atoms with Crippen molar-refractivity contribution in [2.45, 2.75) is 0 Å². The molecule has 0 unspecified atom stereocenters. The van der Waals surface area contributed by atoms with Gasteiger partial charge < -0.3 is 0 Å². The standard InChI is InChI=1S/C5H2Br2ClN/c6-3-1-2-4(8)9-5(3)7/h1-2H. The summed E-state index contributed by atoms with van der Waals surface area (Å²) >= 11 is 12.0. The summed E-state index contributed by atoms with van der Waals surface area (Å²) < 4.78 is 1.64. The third kappa shape index (κ3) is 1.92. The monoisotopic (exact) mass is 269 g/mol. The Morgan fingerprint density at radius 1 is 1.33 bits per heavy atom. The molecule has 0 aliphatic rings. The maximum Gasteiger partial charge on any atom is 0.130 e. The van der Waals surface area contributed by atoms with Crippen LogP contribution in [-0.2, 0) is 0 Å². The fourth-order valence-corrected chi connectivity index (χ4v) is 1.19. The van der Waals surface area contributed by atoms with E-state index in [1.54, 1.807) is 6.07 Å². The van der Waals surface area contributed by atoms with Gasteiger partial charge in [0.15, 0.2) is 0 Å². The summed E-state index contributed by atoms with van der Waals surface area (Å²) in [5.41, 5.74) is 0. The molecule has 0 atom stereocenters. The topological polar surface area (TPSA) is 12.9 Å². The maximum atomic E-state index is 5.55. The lowest BCUT2D eigenvalue weighted by Gasteiger charge is -1.92. The molecule has 0 aliphatic carbocycles. The number of nitrogens with zero attached hydrogens (tertiary/aromatic N) is 1. The Balaban J connectivity index is 3.17. The van der Waals surface area contributed by atoms with Gasteiger partial charge in [-0.1, -0.05) is 11.6 Å². The van der Waals surface area contributed by atoms with Crippen LogP contribution in [0.25, 0.3) is 0 Å². The van der Waals surface area contributed by atoms with E-state index in [-0.39, 0.29) is 0 Å². The van der Waals surface area contributed by atoms with Gasteiger partial charge in [0.05, 0.1) is 4.47 Å². The zero-order chi connectivity index (χ0) is 6.85. The first-order valence-corrected chi connectivity index (χ1v) is 4.14. The second kappa shape index (κ2) is 2.99. The largest absolute Gasteiger partial charge is 0.228 e. The molecule has 48 valence electrons. The van der Waals surface area contributed by atoms with Crippen molar-refractivity contribution in [1.82, 2.24) is 4.98 Å². The van der Waals surface area contributed by atoms with Crippen LogP contribution in [0.3, 0.4) is 0 Å². The average Bonchev–Trinajstić information content (AvgIpc) is 1.80. The Hall–Kier alpha value is 0.400. The van der Waals surface area contributed by atoms with Gasteiger partial charge in [-0.05, 0) is 44.0 Å². The van der Waals surface area contributed by atoms with E-state index in [0.717, 1.165) is 9.08 Å². The number of rotatable bonds is 0. The first kappa shape index (κ1) is 7.51. The molecule has 0 saturated heterocycles. The lowest BCUT2D eigenvalue weighted by atomic mass is 10.5. The van der Waals surface area contributed by atoms with Gasteiger partial charge in [-0.2, -0.15) is 0 Å². The van der Waals surface area contributed by atoms with E-state index < -0.39 is 0 Å². The molecule has 0 fully saturated rings. The summed E-state index contributed by atoms with van der Waals surface area (Å²) in [5, 5.41) is 0.491. The SMILES string of the molecule is Clc1ccc(Br)c(Br)n1. The maximum absolute atomic E-state index is 5.55. The molecule has 0 bridgehead atoms. The molecule has 1 heterocycles. The molecule has 0 radical (unpaired) electrons. The Morgan fingerprint density at radius 2 is 2.00 bits per heavy atom. The van der Waals surface area contributed by atoms with E-state index in [1.165, 1.54) is 0 Å². The van der Waals surface area contributed by atoms with Crippen molar-refractivity contribution in [3.63, 3.8) is 0 Å². The fourth-order valence-electron chi connectivity index (χ4n) is 0.395. The molecule has 9 heavy (non-hydrogen) atoms. The molecule has 0 aromatic carbocycles. The van der Waals surface area contributed by atoms with E-state index in [4.69, 9.17) is 11.6 Å². The molecule has 1 rings (SSSR count). The quantitative estimate of drug-likeness (QED) is 0.660. The van der Waals surface area contributed by atoms with Gasteiger partial charge in [0.2, 0.25) is 0 Å². The fraction of sp³-hybridized carbons (Fsp3) is 0. The molecule has 0 aliphatic heterocycles. The lowest BCUT2D eigenvalue weighted by molar-refractivity contribution is 1.26. The predicted octanol–water partition coefficient (Wildman–Crippen LogP) is 3.26. The highest BCUT2D eigenvalue weighted by atomic mass is 79.9. The molecular weight excluding hydrogens is 269 g/mol. The van der Waals surface area contributed by atoms with E-state index in [9.17, 15) is 0 Å². The molecule has 4 heteroatoms. The van der Waals surface area contributed by atoms with Crippen LogP contribution in [0.2, 0.25) is 5.15 Å². The van der Waals surface area contributed by atoms with Gasteiger partial charge in [0.1, 0.15) is 9.76 Å². The zero-order valence-corrected chi connectivity index (χ0v) is 8.16. The highest BCUT2D eigenvalue weighted by Gasteiger charge is 1.95. The van der Waals surface area contributed by atoms with Crippen molar-refractivity contribution >= 4 is 43.5 Å². The minimum absolute atomic E-state index is 0.491. The second-order valence-corrected chi connectivity index (χ2v) is 3.40. The number of hydrogen-bond donors (Lipinski definition) is 0. The third-order valence-corrected chi connectivity index (χ3v) is 2.76. The lowest BCUT2D eigenvalue weighted by Crippen LogP contribution is -1.76. The highest BCUT2D eigenvalue weighted by Crippen LogP contribution is 2.21. The number of aromatic nitrogens is 1. The van der Waals surface area contributed by atoms with Crippen LogP contribution in [0.4, 0.5) is 0 Å². The Bertz CT molecular complexity index is 226. The minimum atomic E-state index is 0.491. The van der Waals surface area contributed by atoms with E-state index in [0.29, 0.717) is 5.15 Å². The van der Waals surface area contributed by atoms with Gasteiger partial charge in [-0.15, -0.1) is 0 Å². The van der Waals surface area contributed by atoms with Crippen molar-refractivity contribution in [3.8, 4) is 0 Å². The minimum Gasteiger partial charge on any atom is -0.228 e. The molecule has 1 aromatic rings. The van der Waals surface area contributed by atoms with Crippen molar-refractivity contribution in [2.75, 3.05) is 0 Å². The van der Waals surface area contributed by atoms with Crippen molar-refractivity contribution < 1.29 is 0 Å². The number of hydrogen-bond acceptors (Lipinski definition) is 1. The van der Waals surface area contributed by atoms with Crippen molar-refractivity contribution in [2.24, 2.45) is 0 Å². The summed E-state index contributed by atoms with van der Waals surface area (Å²) in [5.74, 6) is 0. The van der Waals surface area contributed by atoms with Gasteiger partial charge in [-0.25, -0.2) is 4.98 Å². The van der Waals surface area contributed by atoms with Crippen LogP contribution in [0.1, 0.15) is 0 Å². The Labute approximate surface area is 74.7 Å². The van der Waals surface area contributed by atoms with E-state index >= 15 is 0 Å². The van der Waals surface area contributed by atoms with Gasteiger partial charge in [-0.3, -0.25) is 0 Å². The summed E-state index contributed by atoms with van der Waals surface area (Å²) in [7, 11) is 0. The summed E-state index contributed by atoms with van der Waals surface area (Å²) in [6.45, 7) is 0. The van der Waals surface area contributed by atoms with E-state index in [2.05, 4.69) is 36.8 Å². The van der Waals surface area contributed by atoms with Crippen LogP contribution in [0.15, 0.2) is 21.2 Å². The first-order valence-electron chi connectivity index (χ1n) is 2.17. The van der Waals surface area contributed by atoms with Gasteiger partial charge in [0, 0.05) is 0 Å². The Morgan fingerprint density at radius 3 is 2.44 bits per heavy atom. The summed E-state index contributed by atoms with van der Waals surface area (Å²) in [6.07, 6.45) is 0. The van der Waals surface area contributed by atoms with Crippen LogP contribution < -0.4 is 0 Å². The average molecular weight is 271 g/mol. The van der Waals surface area contributed by atoms with Crippen LogP contribution in [0, 0.1) is 0 Å². The molecular formula is C5H2Br2ClN. The molecule has 0 amide bonds. The van der Waals surface area contributed by atoms with Crippen LogP contribution in [-0.4, -0.2) is 4.98 Å². The third-order valence-electron chi connectivity index (χ3n) is 0.769. The van der Waals surface area contributed by atoms with Crippen molar-refractivity contribution in [3.05, 3.63) is 26.4 Å². The van der Waals surface area contributed by atoms with Gasteiger partial charge >= 0.3 is 0 Å². The molecule has 1 aromatic heterocycles. The second-order valence-electron chi connectivity index (χ2n) is 1.41. The van der Waals surface area contributed by atoms with Crippen molar-refractivity contribution in [1.29, 1.82) is 0 Å². The Kier molecular flexibility index (Phi) is 2.50. The zero-order valence-electron chi connectivity index (χ0n) is 4.24. The predicted molar refractivity (Wildman–Crippen MR) is 44.6 cm³/mol. The van der Waals surface area contributed by atoms with E-state index in [1.807, 2.05) is 6.07 Å². The normalized spacial score (nSPS) is 9.67. The first-order chi connectivity index (χ1) is 4.20. The molecule has 1 nitrogen and oxygen atoms in total. The number of pyridine rings is 1. The molecule has 0 N–H and O–H groups in total. The number of halogens is 3. The van der Waals surface area contributed by atoms with Gasteiger partial charge in [0.25, 0.3) is 0 Å². The molecule has 0 spiro atoms. The van der Waals surface area contributed by atoms with Crippen LogP contribution >= 0.6 is 43.5 Å². The highest BCUT2D eigenvalue weighted by molar-refractivity contribution is 9.13. The smallest absolute Gasteiger partial charge is 0.130 e. The summed E-state index contributed by atoms with van der Waals surface area (Å²) in [4.78, 5) is 3.91. The van der Waals surface area contributed by atoms with Crippen LogP contribution in [0.5, 0.6) is 0 Å².